The zero-order valence-corrected chi connectivity index (χ0v) is 52.6. The number of carboxylic acids is 5. The Hall–Kier alpha value is -7.72. The van der Waals surface area contributed by atoms with Crippen LogP contribution in [0.3, 0.4) is 0 Å². The van der Waals surface area contributed by atoms with Gasteiger partial charge < -0.3 is 73.0 Å². The van der Waals surface area contributed by atoms with Gasteiger partial charge in [-0.1, -0.05) is 82.1 Å². The summed E-state index contributed by atoms with van der Waals surface area (Å²) in [7, 11) is 0. The smallest absolute Gasteiger partial charge is 0.326 e. The first-order valence-electron chi connectivity index (χ1n) is 31.2. The summed E-state index contributed by atoms with van der Waals surface area (Å²) in [5, 5.41) is 87.5. The molecular formula is C62H95N9O18S. The summed E-state index contributed by atoms with van der Waals surface area (Å²) < 4.78 is 0. The van der Waals surface area contributed by atoms with Gasteiger partial charge in [0.2, 0.25) is 29.5 Å². The minimum atomic E-state index is -1.53. The van der Waals surface area contributed by atoms with Crippen LogP contribution in [0.1, 0.15) is 164 Å². The molecule has 14 N–H and O–H groups in total. The molecule has 27 nitrogen and oxygen atoms in total. The third kappa shape index (κ3) is 34.9. The summed E-state index contributed by atoms with van der Waals surface area (Å²) in [6.45, 7) is 1.43. The van der Waals surface area contributed by atoms with Crippen molar-refractivity contribution in [1.29, 1.82) is 0 Å². The number of aryl methyl sites for hydroxylation is 2. The molecule has 0 aromatic heterocycles. The lowest BCUT2D eigenvalue weighted by atomic mass is 10.0. The summed E-state index contributed by atoms with van der Waals surface area (Å²) in [5.41, 5.74) is 2.16. The Labute approximate surface area is 530 Å². The number of carbonyl (C=O) groups excluding carboxylic acids is 6. The Kier molecular flexibility index (Phi) is 37.3. The van der Waals surface area contributed by atoms with Gasteiger partial charge in [0.1, 0.15) is 29.6 Å². The topological polar surface area (TPSA) is 420 Å². The van der Waals surface area contributed by atoms with Crippen LogP contribution < -0.4 is 37.2 Å². The van der Waals surface area contributed by atoms with Crippen LogP contribution in [0.25, 0.3) is 0 Å². The maximum Gasteiger partial charge on any atom is 0.326 e. The molecule has 0 radical (unpaired) electrons. The SMILES string of the molecule is CC(=O)NC(CSC1CCCCCCCCCC1)C(=O)NCCNC(=O)CCc1ccc(O)c(CN(CCN(CC(=O)O)Cc2cc(CCC(=O)NCCCCCC(=O)NCCCCC(NC(=O)NC(CCC(=O)O)C(=O)O)C(=O)O)ccc2O)CC(=O)O)c1. The molecule has 2 aromatic rings. The van der Waals surface area contributed by atoms with Gasteiger partial charge in [0.15, 0.2) is 0 Å². The number of nitrogens with zero attached hydrogens (tertiary/aromatic N) is 2. The van der Waals surface area contributed by atoms with Crippen LogP contribution >= 0.6 is 11.8 Å². The van der Waals surface area contributed by atoms with E-state index in [-0.39, 0.29) is 119 Å². The van der Waals surface area contributed by atoms with Gasteiger partial charge in [-0.25, -0.2) is 14.4 Å². The fraction of sp³-hybridized carbons (Fsp3) is 0.629. The first kappa shape index (κ1) is 76.5. The number of urea groups is 1. The predicted octanol–water partition coefficient (Wildman–Crippen LogP) is 4.22. The number of thioether (sulfide) groups is 1. The van der Waals surface area contributed by atoms with Crippen molar-refractivity contribution in [3.05, 3.63) is 58.7 Å². The fourth-order valence-electron chi connectivity index (χ4n) is 10.1. The molecule has 1 aliphatic rings. The number of phenols is 2. The van der Waals surface area contributed by atoms with E-state index >= 15 is 0 Å². The maximum atomic E-state index is 13.2. The van der Waals surface area contributed by atoms with E-state index in [1.54, 1.807) is 36.0 Å². The van der Waals surface area contributed by atoms with E-state index in [2.05, 4.69) is 37.2 Å². The molecular weight excluding hydrogens is 1190 g/mol. The second-order valence-corrected chi connectivity index (χ2v) is 24.1. The highest BCUT2D eigenvalue weighted by Crippen LogP contribution is 2.27. The highest BCUT2D eigenvalue weighted by molar-refractivity contribution is 8.00. The van der Waals surface area contributed by atoms with E-state index in [9.17, 15) is 83.4 Å². The van der Waals surface area contributed by atoms with Crippen molar-refractivity contribution in [3.8, 4) is 11.5 Å². The second kappa shape index (κ2) is 43.9. The van der Waals surface area contributed by atoms with E-state index in [0.29, 0.717) is 78.3 Å². The molecule has 3 atom stereocenters. The number of rotatable bonds is 43. The molecule has 7 amide bonds. The van der Waals surface area contributed by atoms with Crippen LogP contribution in [0.4, 0.5) is 4.79 Å². The molecule has 502 valence electrons. The van der Waals surface area contributed by atoms with Gasteiger partial charge in [0, 0.05) is 107 Å². The molecule has 0 aliphatic heterocycles. The molecule has 0 spiro atoms. The molecule has 2 aromatic carbocycles. The van der Waals surface area contributed by atoms with Crippen molar-refractivity contribution in [2.45, 2.75) is 191 Å². The average Bonchev–Trinajstić information content (AvgIpc) is 2.59. The molecule has 28 heteroatoms. The highest BCUT2D eigenvalue weighted by atomic mass is 32.2. The quantitative estimate of drug-likeness (QED) is 0.0413. The summed E-state index contributed by atoms with van der Waals surface area (Å²) >= 11 is 1.74. The van der Waals surface area contributed by atoms with E-state index in [4.69, 9.17) is 5.11 Å². The van der Waals surface area contributed by atoms with Gasteiger partial charge >= 0.3 is 35.9 Å². The minimum absolute atomic E-state index is 0.0137. The molecule has 90 heavy (non-hydrogen) atoms. The molecule has 1 aliphatic carbocycles. The number of aliphatic carboxylic acids is 5. The van der Waals surface area contributed by atoms with Crippen LogP contribution in [-0.2, 0) is 73.9 Å². The van der Waals surface area contributed by atoms with Crippen molar-refractivity contribution in [1.82, 2.24) is 47.0 Å². The number of carbonyl (C=O) groups is 11. The number of benzene rings is 2. The largest absolute Gasteiger partial charge is 0.508 e. The van der Waals surface area contributed by atoms with E-state index < -0.39 is 79.9 Å². The Morgan fingerprint density at radius 1 is 0.500 bits per heavy atom. The normalized spacial score (nSPS) is 14.0. The molecule has 0 saturated heterocycles. The van der Waals surface area contributed by atoms with Gasteiger partial charge in [-0.05, 0) is 87.5 Å². The van der Waals surface area contributed by atoms with Crippen molar-refractivity contribution in [2.75, 3.05) is 58.1 Å². The standard InChI is InChI=1S/C62H95N9O18S/c1-42(72)67-50(41-90-47-15-9-6-4-2-3-5-7-10-16-47)59(84)66-32-31-65-55(77)27-22-44-20-25-52(74)46(36-44)38-71(40-58(82)83)34-33-70(39-57(80)81)37-45-35-43(19-24-51(45)73)21-26-54(76)64-29-13-8-11-18-53(75)63-30-14-12-17-48(60(85)86)68-62(89)69-49(61(87)88)23-28-56(78)79/h19-20,24-25,35-36,47-50,73-74H,2-18,21-23,26-34,37-41H2,1H3,(H,63,75)(H,64,76)(H,65,77)(H,66,84)(H,67,72)(H,78,79)(H,80,81)(H,82,83)(H,85,86)(H,87,88)(H2,68,69,89). The Morgan fingerprint density at radius 3 is 1.43 bits per heavy atom. The lowest BCUT2D eigenvalue weighted by Gasteiger charge is -2.26. The van der Waals surface area contributed by atoms with Crippen LogP contribution in [0.15, 0.2) is 36.4 Å². The lowest BCUT2D eigenvalue weighted by molar-refractivity contribution is -0.141. The van der Waals surface area contributed by atoms with Crippen molar-refractivity contribution in [2.24, 2.45) is 0 Å². The Bertz CT molecular complexity index is 2640. The summed E-state index contributed by atoms with van der Waals surface area (Å²) in [6, 6.07) is 4.91. The molecule has 0 bridgehead atoms. The molecule has 3 unspecified atom stereocenters. The van der Waals surface area contributed by atoms with Crippen LogP contribution in [0.5, 0.6) is 11.5 Å². The van der Waals surface area contributed by atoms with Gasteiger partial charge in [0.25, 0.3) is 0 Å². The van der Waals surface area contributed by atoms with Crippen molar-refractivity contribution < 1.29 is 88.5 Å². The van der Waals surface area contributed by atoms with Gasteiger partial charge in [-0.15, -0.1) is 0 Å². The number of phenolic OH excluding ortho intramolecular Hbond substituents is 2. The molecule has 1 saturated carbocycles. The van der Waals surface area contributed by atoms with Gasteiger partial charge in [-0.3, -0.25) is 48.2 Å². The third-order valence-corrected chi connectivity index (χ3v) is 16.5. The number of hydrogen-bond donors (Lipinski definition) is 14. The summed E-state index contributed by atoms with van der Waals surface area (Å²) in [6.07, 6.45) is 14.5. The first-order chi connectivity index (χ1) is 43.0. The number of unbranched alkanes of at least 4 members (excludes halogenated alkanes) is 3. The fourth-order valence-corrected chi connectivity index (χ4v) is 11.5. The Morgan fingerprint density at radius 2 is 0.956 bits per heavy atom. The summed E-state index contributed by atoms with van der Waals surface area (Å²) in [4.78, 5) is 136. The Balaban J connectivity index is 1.40. The number of nitrogens with one attached hydrogen (secondary N) is 7. The first-order valence-corrected chi connectivity index (χ1v) is 32.2. The van der Waals surface area contributed by atoms with E-state index in [1.807, 2.05) is 0 Å². The highest BCUT2D eigenvalue weighted by Gasteiger charge is 2.26. The third-order valence-electron chi connectivity index (χ3n) is 15.0. The van der Waals surface area contributed by atoms with E-state index in [0.717, 1.165) is 25.7 Å². The zero-order valence-electron chi connectivity index (χ0n) is 51.7. The number of hydrogen-bond acceptors (Lipinski definition) is 16. The summed E-state index contributed by atoms with van der Waals surface area (Å²) in [5.74, 6) is -7.51. The van der Waals surface area contributed by atoms with Crippen molar-refractivity contribution >= 4 is 77.2 Å². The second-order valence-electron chi connectivity index (χ2n) is 22.7. The van der Waals surface area contributed by atoms with Crippen LogP contribution in [0, 0.1) is 0 Å². The van der Waals surface area contributed by atoms with Crippen LogP contribution in [-0.4, -0.2) is 192 Å². The number of aromatic hydroxyl groups is 2. The van der Waals surface area contributed by atoms with Gasteiger partial charge in [-0.2, -0.15) is 11.8 Å². The molecule has 0 heterocycles. The zero-order chi connectivity index (χ0) is 66.2. The average molecular weight is 1290 g/mol. The lowest BCUT2D eigenvalue weighted by Crippen LogP contribution is -2.51. The van der Waals surface area contributed by atoms with Gasteiger partial charge in [0.05, 0.1) is 13.1 Å². The molecule has 1 fully saturated rings. The minimum Gasteiger partial charge on any atom is -0.508 e. The number of amides is 7. The maximum absolute atomic E-state index is 13.2. The number of carboxylic acid groups (broad SMARTS) is 5. The van der Waals surface area contributed by atoms with Crippen molar-refractivity contribution in [3.63, 3.8) is 0 Å². The molecule has 3 rings (SSSR count). The monoisotopic (exact) mass is 1290 g/mol. The van der Waals surface area contributed by atoms with E-state index in [1.165, 1.54) is 67.4 Å². The predicted molar refractivity (Wildman–Crippen MR) is 334 cm³/mol. The van der Waals surface area contributed by atoms with Crippen LogP contribution in [0.2, 0.25) is 0 Å².